The molecule has 0 bridgehead atoms. The third kappa shape index (κ3) is 12.2. The second-order valence-corrected chi connectivity index (χ2v) is 25.5. The molecule has 0 radical (unpaired) electrons. The summed E-state index contributed by atoms with van der Waals surface area (Å²) >= 11 is 0. The highest BCUT2D eigenvalue weighted by Crippen LogP contribution is 2.42. The number of carbonyl (C=O) groups is 3. The molecular formula is C55H54F5N11O12S3. The Kier molecular flexibility index (Phi) is 17.6. The smallest absolute Gasteiger partial charge is 0.280 e. The molecule has 86 heavy (non-hydrogen) atoms. The summed E-state index contributed by atoms with van der Waals surface area (Å²) < 4.78 is 169. The van der Waals surface area contributed by atoms with Gasteiger partial charge < -0.3 is 45.0 Å². The molecule has 6 aromatic rings. The molecule has 23 nitrogen and oxygen atoms in total. The van der Waals surface area contributed by atoms with Crippen LogP contribution in [0.5, 0.6) is 0 Å². The van der Waals surface area contributed by atoms with Gasteiger partial charge in [-0.15, -0.1) is 0 Å². The molecule has 3 aliphatic heterocycles. The van der Waals surface area contributed by atoms with Crippen LogP contribution in [0, 0.1) is 35.7 Å². The van der Waals surface area contributed by atoms with E-state index in [9.17, 15) is 69.0 Å². The number of hydrogen-bond acceptors (Lipinski definition) is 14. The molecule has 9 N–H and O–H groups in total. The summed E-state index contributed by atoms with van der Waals surface area (Å²) in [7, 11) is -14.3. The lowest BCUT2D eigenvalue weighted by Crippen LogP contribution is -2.35. The van der Waals surface area contributed by atoms with E-state index in [2.05, 4.69) is 35.1 Å². The van der Waals surface area contributed by atoms with Gasteiger partial charge in [-0.1, -0.05) is 6.08 Å². The molecule has 3 unspecified atom stereocenters. The standard InChI is InChI=1S/C55H54F5N11O12S3/c1-27(24-72)66-84(78,79)49-30(4)46(53(75)65-36-11-12-62-42(20-36)52(59)60)70-22-31(16-44(49)70)15-38-48(55(77)63-34-7-9-39(56)33(18-34)21-61)71-23-32(17-45(71)51(38)86(82,83)68-29(3)26-74)14-37-47(54(76)64-35-8-10-40(57)41(58)19-35)69-13-5-6-43(69)50(37)85(80,81)67-28(2)25-73/h5-12,16-20,27-29,52,66-68,72-74H,13-15,22-26H2,1-4H3,(H,63,77)(H,64,76)(H,62,65,75). The highest BCUT2D eigenvalue weighted by atomic mass is 32.2. The summed E-state index contributed by atoms with van der Waals surface area (Å²) in [6.07, 6.45) is 2.53. The highest BCUT2D eigenvalue weighted by Gasteiger charge is 2.41. The maximum absolute atomic E-state index is 15.2. The van der Waals surface area contributed by atoms with Gasteiger partial charge in [0.25, 0.3) is 24.1 Å². The van der Waals surface area contributed by atoms with Gasteiger partial charge >= 0.3 is 0 Å². The number of nitriles is 1. The number of pyridine rings is 1. The molecule has 0 fully saturated rings. The van der Waals surface area contributed by atoms with Crippen molar-refractivity contribution in [3.63, 3.8) is 0 Å². The Balaban J connectivity index is 1.23. The largest absolute Gasteiger partial charge is 0.395 e. The topological polar surface area (TPSA) is 338 Å². The van der Waals surface area contributed by atoms with E-state index in [1.807, 2.05) is 0 Å². The van der Waals surface area contributed by atoms with E-state index in [1.54, 1.807) is 12.1 Å². The molecular weight excluding hydrogens is 1200 g/mol. The predicted octanol–water partition coefficient (Wildman–Crippen LogP) is 5.06. The van der Waals surface area contributed by atoms with E-state index in [4.69, 9.17) is 0 Å². The molecule has 4 aromatic heterocycles. The van der Waals surface area contributed by atoms with Gasteiger partial charge in [-0.3, -0.25) is 19.4 Å². The second-order valence-electron chi connectivity index (χ2n) is 20.6. The van der Waals surface area contributed by atoms with Gasteiger partial charge in [0.05, 0.1) is 42.5 Å². The molecule has 3 amide bonds. The van der Waals surface area contributed by atoms with E-state index >= 15 is 13.2 Å². The minimum atomic E-state index is -4.95. The minimum Gasteiger partial charge on any atom is -0.395 e. The van der Waals surface area contributed by atoms with Gasteiger partial charge in [0.2, 0.25) is 30.1 Å². The number of fused-ring (bicyclic) bond motifs is 3. The third-order valence-electron chi connectivity index (χ3n) is 14.1. The summed E-state index contributed by atoms with van der Waals surface area (Å²) in [5.74, 6) is -6.54. The number of aliphatic hydroxyl groups is 3. The number of alkyl halides is 2. The fourth-order valence-corrected chi connectivity index (χ4v) is 15.5. The Labute approximate surface area is 488 Å². The van der Waals surface area contributed by atoms with Gasteiger partial charge in [0.1, 0.15) is 49.3 Å². The maximum Gasteiger partial charge on any atom is 0.280 e. The number of nitrogens with one attached hydrogen (secondary N) is 6. The first kappa shape index (κ1) is 62.3. The Morgan fingerprint density at radius 3 is 1.58 bits per heavy atom. The average Bonchev–Trinajstić information content (AvgIpc) is 1.63. The molecule has 7 heterocycles. The Morgan fingerprint density at radius 2 is 1.07 bits per heavy atom. The molecule has 0 spiro atoms. The van der Waals surface area contributed by atoms with E-state index in [-0.39, 0.29) is 79.9 Å². The number of aromatic nitrogens is 4. The Bertz CT molecular complexity index is 4300. The van der Waals surface area contributed by atoms with Crippen molar-refractivity contribution in [1.82, 2.24) is 32.9 Å². The van der Waals surface area contributed by atoms with Crippen molar-refractivity contribution in [2.45, 2.75) is 99.4 Å². The third-order valence-corrected chi connectivity index (χ3v) is 19.3. The lowest BCUT2D eigenvalue weighted by molar-refractivity contribution is 0.100. The van der Waals surface area contributed by atoms with Crippen LogP contribution in [0.15, 0.2) is 86.6 Å². The van der Waals surface area contributed by atoms with Crippen molar-refractivity contribution in [2.24, 2.45) is 0 Å². The summed E-state index contributed by atoms with van der Waals surface area (Å²) in [5.41, 5.74) is -3.39. The van der Waals surface area contributed by atoms with Crippen molar-refractivity contribution in [2.75, 3.05) is 35.8 Å². The molecule has 9 rings (SSSR count). The van der Waals surface area contributed by atoms with E-state index in [1.165, 1.54) is 65.7 Å². The number of rotatable bonds is 23. The number of anilines is 3. The Morgan fingerprint density at radius 1 is 0.616 bits per heavy atom. The average molecular weight is 1250 g/mol. The number of halogens is 5. The summed E-state index contributed by atoms with van der Waals surface area (Å²) in [6.45, 7) is 2.38. The molecule has 31 heteroatoms. The lowest BCUT2D eigenvalue weighted by atomic mass is 10.0. The lowest BCUT2D eigenvalue weighted by Gasteiger charge is -2.16. The van der Waals surface area contributed by atoms with Crippen LogP contribution in [-0.4, -0.2) is 115 Å². The minimum absolute atomic E-state index is 0.00541. The number of benzene rings is 2. The SMILES string of the molecule is Cc1c(S(=O)(=O)NC(C)CO)c2n(c1C(=O)Nc1ccnc(C(F)F)c1)CC(Cc1c(S(=O)(=O)NC(C)CO)c3n(c1C(=O)Nc1ccc(F)c(C#N)c1)CC(Cc1c(S(=O)(=O)NC(C)CO)c4n(c1C(=O)Nc1ccc(F)c(F)c1)CC=C4)=C3)=C2. The van der Waals surface area contributed by atoms with Gasteiger partial charge in [0.15, 0.2) is 11.6 Å². The normalized spacial score (nSPS) is 14.7. The molecule has 0 saturated carbocycles. The zero-order valence-electron chi connectivity index (χ0n) is 45.8. The van der Waals surface area contributed by atoms with Gasteiger partial charge in [-0.05, 0) is 112 Å². The van der Waals surface area contributed by atoms with Crippen LogP contribution in [0.2, 0.25) is 0 Å². The van der Waals surface area contributed by atoms with E-state index in [0.29, 0.717) is 6.07 Å². The molecule has 3 atom stereocenters. The number of amides is 3. The van der Waals surface area contributed by atoms with Crippen LogP contribution in [0.4, 0.5) is 39.0 Å². The quantitative estimate of drug-likeness (QED) is 0.0379. The van der Waals surface area contributed by atoms with Crippen LogP contribution in [0.3, 0.4) is 0 Å². The number of aliphatic hydroxyl groups excluding tert-OH is 3. The van der Waals surface area contributed by atoms with Crippen LogP contribution in [0.1, 0.15) is 104 Å². The number of allylic oxidation sites excluding steroid dienone is 3. The fourth-order valence-electron chi connectivity index (χ4n) is 10.5. The summed E-state index contributed by atoms with van der Waals surface area (Å²) in [4.78, 5) is 46.1. The maximum atomic E-state index is 15.2. The molecule has 0 saturated heterocycles. The Hall–Kier alpha value is -8.19. The number of nitrogens with zero attached hydrogens (tertiary/aromatic N) is 5. The van der Waals surface area contributed by atoms with Crippen molar-refractivity contribution < 1.29 is 76.9 Å². The van der Waals surface area contributed by atoms with Crippen molar-refractivity contribution in [3.8, 4) is 6.07 Å². The zero-order valence-corrected chi connectivity index (χ0v) is 48.3. The highest BCUT2D eigenvalue weighted by molar-refractivity contribution is 7.90. The molecule has 3 aliphatic rings. The predicted molar refractivity (Wildman–Crippen MR) is 302 cm³/mol. The molecule has 2 aromatic carbocycles. The second kappa shape index (κ2) is 24.3. The molecule has 454 valence electrons. The summed E-state index contributed by atoms with van der Waals surface area (Å²) in [6, 6.07) is 5.99. The van der Waals surface area contributed by atoms with Crippen LogP contribution >= 0.6 is 0 Å². The first-order chi connectivity index (χ1) is 40.6. The number of carbonyl (C=O) groups excluding carboxylic acids is 3. The van der Waals surface area contributed by atoms with Gasteiger partial charge in [-0.25, -0.2) is 61.4 Å². The van der Waals surface area contributed by atoms with E-state index in [0.717, 1.165) is 42.6 Å². The van der Waals surface area contributed by atoms with E-state index < -0.39 is 167 Å². The zero-order chi connectivity index (χ0) is 62.5. The van der Waals surface area contributed by atoms with Crippen molar-refractivity contribution in [3.05, 3.63) is 152 Å². The van der Waals surface area contributed by atoms with Crippen molar-refractivity contribution in [1.29, 1.82) is 5.26 Å². The monoisotopic (exact) mass is 1250 g/mol. The first-order valence-corrected chi connectivity index (χ1v) is 30.6. The first-order valence-electron chi connectivity index (χ1n) is 26.1. The van der Waals surface area contributed by atoms with Crippen LogP contribution in [-0.2, 0) is 62.5 Å². The fraction of sp³-hybridized carbons (Fsp3) is 0.291. The number of hydrogen-bond donors (Lipinski definition) is 9. The van der Waals surface area contributed by atoms with Crippen LogP contribution in [0.25, 0.3) is 18.2 Å². The molecule has 0 aliphatic carbocycles. The van der Waals surface area contributed by atoms with Gasteiger partial charge in [-0.2, -0.15) is 5.26 Å². The number of sulfonamides is 3. The van der Waals surface area contributed by atoms with Crippen LogP contribution < -0.4 is 30.1 Å². The van der Waals surface area contributed by atoms with Gasteiger partial charge in [0, 0.05) is 83.8 Å². The van der Waals surface area contributed by atoms with Crippen molar-refractivity contribution >= 4 is 83.1 Å². The summed E-state index contributed by atoms with van der Waals surface area (Å²) in [5, 5.41) is 47.2.